The summed E-state index contributed by atoms with van der Waals surface area (Å²) in [6, 6.07) is 4.00. The fraction of sp³-hybridized carbons (Fsp3) is 0.500. The van der Waals surface area contributed by atoms with E-state index in [2.05, 4.69) is 10.0 Å². The van der Waals surface area contributed by atoms with Crippen molar-refractivity contribution < 1.29 is 5.11 Å². The fourth-order valence-electron chi connectivity index (χ4n) is 2.41. The summed E-state index contributed by atoms with van der Waals surface area (Å²) in [7, 11) is 0. The maximum Gasteiger partial charge on any atom is 0.215 e. The summed E-state index contributed by atoms with van der Waals surface area (Å²) in [5, 5.41) is 14.1. The largest absolute Gasteiger partial charge is 0.507 e. The second kappa shape index (κ2) is 3.42. The van der Waals surface area contributed by atoms with Gasteiger partial charge in [-0.05, 0) is 24.0 Å². The van der Waals surface area contributed by atoms with Crippen molar-refractivity contribution >= 4 is 0 Å². The number of rotatable bonds is 2. The Morgan fingerprint density at radius 2 is 2.19 bits per heavy atom. The zero-order valence-corrected chi connectivity index (χ0v) is 9.78. The van der Waals surface area contributed by atoms with E-state index in [0.717, 1.165) is 23.1 Å². The average Bonchev–Trinajstić information content (AvgIpc) is 2.15. The SMILES string of the molecule is CC(C)c1ccc2c(c1O)C(C)(N=[N+]=N)C2. The molecule has 2 N–H and O–H groups in total. The van der Waals surface area contributed by atoms with Gasteiger partial charge in [-0.1, -0.05) is 26.0 Å². The Kier molecular flexibility index (Phi) is 2.32. The normalized spacial score (nSPS) is 22.2. The molecule has 0 bridgehead atoms. The van der Waals surface area contributed by atoms with Crippen LogP contribution in [0.3, 0.4) is 0 Å². The summed E-state index contributed by atoms with van der Waals surface area (Å²) in [6.45, 7) is 5.99. The zero-order valence-electron chi connectivity index (χ0n) is 9.78. The Hall–Kier alpha value is -1.67. The minimum absolute atomic E-state index is 0.281. The standard InChI is InChI=1S/C12H15N3O/c1-7(2)9-5-4-8-6-12(3,14-15-13)10(8)11(9)16/h4-5,7,13H,6H2,1-3H3/p+1. The molecule has 0 spiro atoms. The van der Waals surface area contributed by atoms with Crippen molar-refractivity contribution in [3.63, 3.8) is 0 Å². The van der Waals surface area contributed by atoms with E-state index < -0.39 is 5.54 Å². The molecule has 0 saturated carbocycles. The highest BCUT2D eigenvalue weighted by Crippen LogP contribution is 2.49. The Labute approximate surface area is 94.5 Å². The van der Waals surface area contributed by atoms with E-state index in [1.807, 2.05) is 32.9 Å². The van der Waals surface area contributed by atoms with Crippen LogP contribution in [-0.2, 0) is 12.0 Å². The first kappa shape index (κ1) is 10.8. The van der Waals surface area contributed by atoms with Gasteiger partial charge in [0.2, 0.25) is 4.91 Å². The number of hydrogen-bond acceptors (Lipinski definition) is 3. The van der Waals surface area contributed by atoms with Crippen LogP contribution in [0.4, 0.5) is 0 Å². The molecule has 0 saturated heterocycles. The number of nitrogens with one attached hydrogen (secondary N) is 1. The number of phenols is 1. The van der Waals surface area contributed by atoms with Gasteiger partial charge in [-0.15, -0.1) is 0 Å². The molecule has 0 amide bonds. The lowest BCUT2D eigenvalue weighted by atomic mass is 9.70. The van der Waals surface area contributed by atoms with Gasteiger partial charge >= 0.3 is 0 Å². The van der Waals surface area contributed by atoms with Crippen LogP contribution < -0.4 is 4.91 Å². The third-order valence-corrected chi connectivity index (χ3v) is 3.26. The molecule has 1 aliphatic carbocycles. The van der Waals surface area contributed by atoms with Crippen molar-refractivity contribution in [2.24, 2.45) is 5.11 Å². The van der Waals surface area contributed by atoms with E-state index in [1.54, 1.807) is 0 Å². The summed E-state index contributed by atoms with van der Waals surface area (Å²) in [4.78, 5) is 3.11. The van der Waals surface area contributed by atoms with Crippen LogP contribution in [0.25, 0.3) is 0 Å². The highest BCUT2D eigenvalue weighted by atomic mass is 16.3. The molecule has 0 heterocycles. The van der Waals surface area contributed by atoms with Crippen LogP contribution >= 0.6 is 0 Å². The molecule has 0 fully saturated rings. The minimum Gasteiger partial charge on any atom is -0.507 e. The predicted molar refractivity (Wildman–Crippen MR) is 60.5 cm³/mol. The highest BCUT2D eigenvalue weighted by molar-refractivity contribution is 5.56. The number of benzene rings is 1. The van der Waals surface area contributed by atoms with Crippen molar-refractivity contribution in [2.45, 2.75) is 38.6 Å². The van der Waals surface area contributed by atoms with E-state index in [0.29, 0.717) is 5.75 Å². The smallest absolute Gasteiger partial charge is 0.215 e. The molecule has 2 rings (SSSR count). The topological polar surface area (TPSA) is 70.5 Å². The Balaban J connectivity index is 2.58. The molecule has 4 heteroatoms. The molecule has 84 valence electrons. The molecule has 0 radical (unpaired) electrons. The van der Waals surface area contributed by atoms with Gasteiger partial charge < -0.3 is 5.11 Å². The molecule has 1 atom stereocenters. The van der Waals surface area contributed by atoms with Crippen LogP contribution in [0.5, 0.6) is 5.75 Å². The molecule has 1 aromatic rings. The highest BCUT2D eigenvalue weighted by Gasteiger charge is 2.46. The van der Waals surface area contributed by atoms with Crippen molar-refractivity contribution in [3.8, 4) is 5.75 Å². The van der Waals surface area contributed by atoms with Crippen molar-refractivity contribution in [1.82, 2.24) is 4.91 Å². The van der Waals surface area contributed by atoms with E-state index in [-0.39, 0.29) is 5.92 Å². The van der Waals surface area contributed by atoms with Crippen molar-refractivity contribution in [3.05, 3.63) is 28.8 Å². The van der Waals surface area contributed by atoms with Gasteiger partial charge in [0.05, 0.1) is 0 Å². The van der Waals surface area contributed by atoms with Gasteiger partial charge in [-0.3, -0.25) is 0 Å². The molecule has 4 nitrogen and oxygen atoms in total. The summed E-state index contributed by atoms with van der Waals surface area (Å²) < 4.78 is 0. The molecule has 0 aromatic heterocycles. The lowest BCUT2D eigenvalue weighted by molar-refractivity contribution is 0.360. The third kappa shape index (κ3) is 1.34. The van der Waals surface area contributed by atoms with Gasteiger partial charge in [0, 0.05) is 12.0 Å². The average molecular weight is 218 g/mol. The van der Waals surface area contributed by atoms with E-state index in [9.17, 15) is 5.11 Å². The van der Waals surface area contributed by atoms with Crippen LogP contribution in [0.15, 0.2) is 17.2 Å². The molecule has 16 heavy (non-hydrogen) atoms. The zero-order chi connectivity index (χ0) is 11.9. The van der Waals surface area contributed by atoms with Crippen LogP contribution in [0, 0.1) is 5.53 Å². The summed E-state index contributed by atoms with van der Waals surface area (Å²) >= 11 is 0. The maximum absolute atomic E-state index is 10.2. The van der Waals surface area contributed by atoms with Crippen molar-refractivity contribution in [1.29, 1.82) is 5.53 Å². The lowest BCUT2D eigenvalue weighted by Gasteiger charge is -2.34. The molecule has 1 aromatic carbocycles. The van der Waals surface area contributed by atoms with Crippen LogP contribution in [0.1, 0.15) is 43.4 Å². The van der Waals surface area contributed by atoms with E-state index in [4.69, 9.17) is 5.53 Å². The summed E-state index contributed by atoms with van der Waals surface area (Å²) in [6.07, 6.45) is 0.747. The Bertz CT molecular complexity index is 489. The van der Waals surface area contributed by atoms with Gasteiger partial charge in [0.1, 0.15) is 16.4 Å². The summed E-state index contributed by atoms with van der Waals surface area (Å²) in [5.41, 5.74) is 9.20. The first-order chi connectivity index (χ1) is 7.49. The number of hydrogen-bond donors (Lipinski definition) is 2. The summed E-state index contributed by atoms with van der Waals surface area (Å²) in [5.74, 6) is 0.608. The van der Waals surface area contributed by atoms with E-state index >= 15 is 0 Å². The van der Waals surface area contributed by atoms with Crippen LogP contribution in [0.2, 0.25) is 0 Å². The van der Waals surface area contributed by atoms with Crippen LogP contribution in [-0.4, -0.2) is 5.11 Å². The molecular weight excluding hydrogens is 202 g/mol. The minimum atomic E-state index is -0.508. The monoisotopic (exact) mass is 218 g/mol. The molecular formula is C12H16N3O+. The third-order valence-electron chi connectivity index (χ3n) is 3.26. The lowest BCUT2D eigenvalue weighted by Crippen LogP contribution is -2.34. The number of fused-ring (bicyclic) bond motifs is 1. The van der Waals surface area contributed by atoms with Gasteiger partial charge in [-0.2, -0.15) is 0 Å². The molecule has 1 aliphatic rings. The Morgan fingerprint density at radius 3 is 2.75 bits per heavy atom. The number of phenolic OH excluding ortho intramolecular Hbond substituents is 1. The first-order valence-electron chi connectivity index (χ1n) is 5.43. The maximum atomic E-state index is 10.2. The second-order valence-corrected chi connectivity index (χ2v) is 4.84. The first-order valence-corrected chi connectivity index (χ1v) is 5.43. The predicted octanol–water partition coefficient (Wildman–Crippen LogP) is 2.84. The molecule has 0 aliphatic heterocycles. The quantitative estimate of drug-likeness (QED) is 0.581. The number of nitrogens with zero attached hydrogens (tertiary/aromatic N) is 2. The van der Waals surface area contributed by atoms with Gasteiger partial charge in [-0.25, -0.2) is 0 Å². The van der Waals surface area contributed by atoms with Gasteiger partial charge in [0.25, 0.3) is 0 Å². The second-order valence-electron chi connectivity index (χ2n) is 4.84. The van der Waals surface area contributed by atoms with Crippen molar-refractivity contribution in [2.75, 3.05) is 0 Å². The van der Waals surface area contributed by atoms with Gasteiger partial charge in [0.15, 0.2) is 5.54 Å². The Morgan fingerprint density at radius 1 is 1.50 bits per heavy atom. The van der Waals surface area contributed by atoms with E-state index in [1.165, 1.54) is 0 Å². The fourth-order valence-corrected chi connectivity index (χ4v) is 2.41. The number of aromatic hydroxyl groups is 1. The molecule has 1 unspecified atom stereocenters.